The molecule has 2 fully saturated rings. The molecule has 3 atom stereocenters. The van der Waals surface area contributed by atoms with Gasteiger partial charge in [-0.15, -0.1) is 23.2 Å². The first-order chi connectivity index (χ1) is 20.0. The molecule has 0 bridgehead atoms. The second-order valence-corrected chi connectivity index (χ2v) is 10.6. The first kappa shape index (κ1) is 28.3. The van der Waals surface area contributed by atoms with Crippen LogP contribution in [0.2, 0.25) is 0 Å². The number of ketones is 2. The quantitative estimate of drug-likeness (QED) is 0.260. The molecule has 2 aromatic carbocycles. The standard InChI is InChI=1S/C27H21Cl2NO12/c1-30-9-13-18-11(5-14(37-2)19(13)24(30)36)4-12-20(21(18)40-16(32)7-28)23(35)27-25(22(12)34,41-17(33)8-29)10-39-26(27,38-3)6-15(31)42-27/h4-5H,6-10H2,1-3H3/t25-,26+,27+/m1/s1. The van der Waals surface area contributed by atoms with Crippen LogP contribution in [0.4, 0.5) is 0 Å². The number of nitrogens with zero attached hydrogens (tertiary/aromatic N) is 1. The number of fused-ring (bicyclic) bond motifs is 4. The molecule has 4 aliphatic rings. The van der Waals surface area contributed by atoms with Crippen molar-refractivity contribution in [2.75, 3.05) is 39.6 Å². The van der Waals surface area contributed by atoms with E-state index in [2.05, 4.69) is 0 Å². The van der Waals surface area contributed by atoms with E-state index in [1.807, 2.05) is 0 Å². The Morgan fingerprint density at radius 1 is 1.02 bits per heavy atom. The first-order valence-electron chi connectivity index (χ1n) is 12.5. The minimum Gasteiger partial charge on any atom is -0.496 e. The lowest BCUT2D eigenvalue weighted by atomic mass is 9.65. The van der Waals surface area contributed by atoms with Crippen LogP contribution in [0.5, 0.6) is 11.5 Å². The zero-order valence-electron chi connectivity index (χ0n) is 22.3. The molecule has 220 valence electrons. The third kappa shape index (κ3) is 3.27. The summed E-state index contributed by atoms with van der Waals surface area (Å²) in [6.07, 6.45) is -0.631. The minimum absolute atomic E-state index is 0.0384. The topological polar surface area (TPSA) is 161 Å². The molecule has 3 aliphatic heterocycles. The zero-order valence-corrected chi connectivity index (χ0v) is 23.8. The number of carbonyl (C=O) groups is 6. The van der Waals surface area contributed by atoms with E-state index in [9.17, 15) is 28.8 Å². The summed E-state index contributed by atoms with van der Waals surface area (Å²) in [5, 5.41) is 0.399. The van der Waals surface area contributed by atoms with Gasteiger partial charge in [-0.1, -0.05) is 0 Å². The average Bonchev–Trinajstić information content (AvgIpc) is 3.55. The van der Waals surface area contributed by atoms with Gasteiger partial charge in [0.1, 0.15) is 30.5 Å². The van der Waals surface area contributed by atoms with Crippen LogP contribution in [0, 0.1) is 0 Å². The summed E-state index contributed by atoms with van der Waals surface area (Å²) in [6, 6.07) is 2.77. The normalized spacial score (nSPS) is 27.4. The number of carbonyl (C=O) groups excluding carboxylic acids is 6. The summed E-state index contributed by atoms with van der Waals surface area (Å²) >= 11 is 11.5. The second kappa shape index (κ2) is 9.36. The van der Waals surface area contributed by atoms with Gasteiger partial charge in [0.15, 0.2) is 5.75 Å². The van der Waals surface area contributed by atoms with Crippen LogP contribution >= 0.6 is 23.2 Å². The van der Waals surface area contributed by atoms with Gasteiger partial charge in [0, 0.05) is 31.7 Å². The van der Waals surface area contributed by atoms with Gasteiger partial charge in [0.2, 0.25) is 23.0 Å². The molecule has 13 nitrogen and oxygen atoms in total. The summed E-state index contributed by atoms with van der Waals surface area (Å²) in [4.78, 5) is 81.7. The molecule has 1 spiro atoms. The van der Waals surface area contributed by atoms with Crippen LogP contribution in [-0.4, -0.2) is 96.9 Å². The molecule has 42 heavy (non-hydrogen) atoms. The van der Waals surface area contributed by atoms with Gasteiger partial charge in [-0.25, -0.2) is 0 Å². The number of Topliss-reactive ketones (excluding diaryl/α,β-unsaturated/α-hetero) is 2. The van der Waals surface area contributed by atoms with Crippen molar-refractivity contribution in [1.82, 2.24) is 4.90 Å². The Balaban J connectivity index is 1.76. The molecule has 0 aromatic heterocycles. The molecule has 3 heterocycles. The van der Waals surface area contributed by atoms with E-state index in [4.69, 9.17) is 51.6 Å². The smallest absolute Gasteiger partial charge is 0.326 e. The maximum atomic E-state index is 14.8. The Morgan fingerprint density at radius 3 is 2.38 bits per heavy atom. The Kier molecular flexibility index (Phi) is 6.32. The maximum absolute atomic E-state index is 14.8. The number of ether oxygens (including phenoxy) is 6. The monoisotopic (exact) mass is 621 g/mol. The number of amides is 1. The Morgan fingerprint density at radius 2 is 1.74 bits per heavy atom. The fourth-order valence-corrected chi connectivity index (χ4v) is 6.53. The molecular weight excluding hydrogens is 601 g/mol. The number of methoxy groups -OCH3 is 2. The number of benzene rings is 2. The van der Waals surface area contributed by atoms with Crippen molar-refractivity contribution >= 4 is 69.4 Å². The minimum atomic E-state index is -2.67. The van der Waals surface area contributed by atoms with E-state index in [0.717, 1.165) is 7.11 Å². The molecule has 0 N–H and O–H groups in total. The van der Waals surface area contributed by atoms with Crippen LogP contribution in [0.25, 0.3) is 10.8 Å². The van der Waals surface area contributed by atoms with Crippen molar-refractivity contribution in [3.63, 3.8) is 0 Å². The zero-order chi connectivity index (χ0) is 30.4. The van der Waals surface area contributed by atoms with E-state index < -0.39 is 88.5 Å². The van der Waals surface area contributed by atoms with Crippen molar-refractivity contribution < 1.29 is 57.2 Å². The van der Waals surface area contributed by atoms with E-state index in [1.165, 1.54) is 24.1 Å². The molecule has 1 amide bonds. The third-order valence-corrected chi connectivity index (χ3v) is 8.53. The molecular formula is C27H21Cl2NO12. The second-order valence-electron chi connectivity index (χ2n) is 10.1. The van der Waals surface area contributed by atoms with Gasteiger partial charge in [-0.3, -0.25) is 28.8 Å². The predicted octanol–water partition coefficient (Wildman–Crippen LogP) is 1.54. The summed E-state index contributed by atoms with van der Waals surface area (Å²) in [6.45, 7) is -0.681. The predicted molar refractivity (Wildman–Crippen MR) is 140 cm³/mol. The Labute approximate surface area is 246 Å². The van der Waals surface area contributed by atoms with Crippen LogP contribution in [0.15, 0.2) is 12.1 Å². The van der Waals surface area contributed by atoms with Crippen molar-refractivity contribution in [3.05, 3.63) is 34.4 Å². The highest BCUT2D eigenvalue weighted by molar-refractivity contribution is 6.30. The van der Waals surface area contributed by atoms with E-state index >= 15 is 0 Å². The van der Waals surface area contributed by atoms with Gasteiger partial charge < -0.3 is 33.3 Å². The number of hydrogen-bond acceptors (Lipinski definition) is 12. The summed E-state index contributed by atoms with van der Waals surface area (Å²) in [7, 11) is 4.03. The highest BCUT2D eigenvalue weighted by Gasteiger charge is 2.87. The molecule has 0 radical (unpaired) electrons. The van der Waals surface area contributed by atoms with Gasteiger partial charge in [-0.05, 0) is 23.1 Å². The maximum Gasteiger partial charge on any atom is 0.326 e. The summed E-state index contributed by atoms with van der Waals surface area (Å²) < 4.78 is 33.5. The number of rotatable bonds is 6. The van der Waals surface area contributed by atoms with E-state index in [1.54, 1.807) is 7.05 Å². The Bertz CT molecular complexity index is 1670. The molecule has 2 aromatic rings. The number of hydrogen-bond donors (Lipinski definition) is 0. The number of halogens is 2. The summed E-state index contributed by atoms with van der Waals surface area (Å²) in [5.74, 6) is -9.32. The van der Waals surface area contributed by atoms with Crippen LogP contribution < -0.4 is 9.47 Å². The molecule has 0 unspecified atom stereocenters. The third-order valence-electron chi connectivity index (χ3n) is 8.09. The van der Waals surface area contributed by atoms with Crippen molar-refractivity contribution in [2.45, 2.75) is 30.0 Å². The van der Waals surface area contributed by atoms with Gasteiger partial charge in [0.05, 0.1) is 18.2 Å². The highest BCUT2D eigenvalue weighted by atomic mass is 35.5. The van der Waals surface area contributed by atoms with E-state index in [-0.39, 0.29) is 34.2 Å². The van der Waals surface area contributed by atoms with Gasteiger partial charge in [0.25, 0.3) is 11.5 Å². The Hall–Kier alpha value is -3.78. The van der Waals surface area contributed by atoms with Crippen molar-refractivity contribution in [2.24, 2.45) is 0 Å². The molecule has 6 rings (SSSR count). The largest absolute Gasteiger partial charge is 0.496 e. The van der Waals surface area contributed by atoms with Gasteiger partial charge in [-0.2, -0.15) is 0 Å². The lowest BCUT2D eigenvalue weighted by Crippen LogP contribution is -2.72. The lowest BCUT2D eigenvalue weighted by Gasteiger charge is -2.45. The highest BCUT2D eigenvalue weighted by Crippen LogP contribution is 2.60. The van der Waals surface area contributed by atoms with Crippen LogP contribution in [0.3, 0.4) is 0 Å². The lowest BCUT2D eigenvalue weighted by molar-refractivity contribution is -0.233. The molecule has 15 heteroatoms. The number of esters is 3. The van der Waals surface area contributed by atoms with Crippen LogP contribution in [-0.2, 0) is 39.9 Å². The first-order valence-corrected chi connectivity index (χ1v) is 13.5. The molecule has 0 saturated carbocycles. The number of alkyl halides is 2. The van der Waals surface area contributed by atoms with Gasteiger partial charge >= 0.3 is 17.9 Å². The fraction of sp³-hybridized carbons (Fsp3) is 0.407. The molecule has 1 aliphatic carbocycles. The average molecular weight is 622 g/mol. The van der Waals surface area contributed by atoms with E-state index in [0.29, 0.717) is 5.56 Å². The van der Waals surface area contributed by atoms with Crippen LogP contribution in [0.1, 0.15) is 43.1 Å². The van der Waals surface area contributed by atoms with Crippen molar-refractivity contribution in [3.8, 4) is 11.5 Å². The summed E-state index contributed by atoms with van der Waals surface area (Å²) in [5.41, 5.74) is -5.50. The fourth-order valence-electron chi connectivity index (χ4n) is 6.42. The SMILES string of the molecule is COc1cc2cc3c(c(OC(=O)CCl)c2c2c1C(=O)N(C)C2)C(=O)[C@@]12OC(=O)C[C@]1(OC)OC[C@@]2(OC(=O)CCl)C3=O. The molecule has 2 saturated heterocycles. The van der Waals surface area contributed by atoms with Crippen molar-refractivity contribution in [1.29, 1.82) is 0 Å².